The van der Waals surface area contributed by atoms with E-state index >= 15 is 0 Å². The highest BCUT2D eigenvalue weighted by molar-refractivity contribution is 6.62. The number of fused-ring (bicyclic) bond motifs is 1. The lowest BCUT2D eigenvalue weighted by molar-refractivity contribution is -0.138. The summed E-state index contributed by atoms with van der Waals surface area (Å²) in [5.74, 6) is -0.0121. The summed E-state index contributed by atoms with van der Waals surface area (Å²) in [6, 6.07) is 3.19. The Kier molecular flexibility index (Phi) is 5.66. The first-order valence-corrected chi connectivity index (χ1v) is 8.08. The van der Waals surface area contributed by atoms with Gasteiger partial charge in [0.25, 0.3) is 0 Å². The fourth-order valence-electron chi connectivity index (χ4n) is 2.68. The van der Waals surface area contributed by atoms with E-state index in [1.165, 1.54) is 18.6 Å². The number of carboxylic acid groups (broad SMARTS) is 1. The van der Waals surface area contributed by atoms with Gasteiger partial charge in [-0.25, -0.2) is 4.98 Å². The second kappa shape index (κ2) is 8.13. The van der Waals surface area contributed by atoms with E-state index < -0.39 is 19.2 Å². The van der Waals surface area contributed by atoms with Crippen molar-refractivity contribution in [3.63, 3.8) is 0 Å². The standard InChI is InChI=1S/C16H18BN3O6/c18-2-1-5-24-12-7-10(25-14-9-19-3-4-20-14)6-11-16(12)13(8-15(21)22)26-17(11)23/h3-4,6-7,9,13,23H,1-2,5,8,18H2,(H,21,22). The topological polar surface area (TPSA) is 137 Å². The first kappa shape index (κ1) is 18.1. The molecule has 1 aromatic heterocycles. The molecule has 0 amide bonds. The third kappa shape index (κ3) is 4.10. The quantitative estimate of drug-likeness (QED) is 0.447. The average molecular weight is 359 g/mol. The number of ether oxygens (including phenoxy) is 2. The normalized spacial score (nSPS) is 15.6. The first-order chi connectivity index (χ1) is 12.6. The van der Waals surface area contributed by atoms with E-state index in [0.717, 1.165) is 0 Å². The number of benzene rings is 1. The molecule has 2 heterocycles. The summed E-state index contributed by atoms with van der Waals surface area (Å²) in [7, 11) is -1.27. The van der Waals surface area contributed by atoms with Crippen LogP contribution in [0.25, 0.3) is 0 Å². The molecule has 10 heteroatoms. The van der Waals surface area contributed by atoms with Crippen molar-refractivity contribution >= 4 is 18.6 Å². The van der Waals surface area contributed by atoms with Crippen molar-refractivity contribution in [1.29, 1.82) is 0 Å². The number of rotatable bonds is 8. The minimum Gasteiger partial charge on any atom is -0.493 e. The SMILES string of the molecule is NCCCOc1cc(Oc2cnccn2)cc2c1C(CC(=O)O)OB2O. The lowest BCUT2D eigenvalue weighted by Crippen LogP contribution is -2.28. The number of hydrogen-bond acceptors (Lipinski definition) is 8. The summed E-state index contributed by atoms with van der Waals surface area (Å²) < 4.78 is 16.8. The van der Waals surface area contributed by atoms with E-state index in [1.54, 1.807) is 12.1 Å². The average Bonchev–Trinajstić information content (AvgIpc) is 2.91. The van der Waals surface area contributed by atoms with Gasteiger partial charge in [0.1, 0.15) is 11.5 Å². The number of hydrogen-bond donors (Lipinski definition) is 3. The number of carbonyl (C=O) groups is 1. The Morgan fingerprint density at radius 2 is 2.23 bits per heavy atom. The molecule has 9 nitrogen and oxygen atoms in total. The second-order valence-corrected chi connectivity index (χ2v) is 5.64. The molecular formula is C16H18BN3O6. The molecule has 0 aliphatic carbocycles. The van der Waals surface area contributed by atoms with Crippen LogP contribution in [-0.4, -0.2) is 46.3 Å². The van der Waals surface area contributed by atoms with Crippen molar-refractivity contribution in [3.8, 4) is 17.4 Å². The molecule has 0 fully saturated rings. The van der Waals surface area contributed by atoms with Crippen LogP contribution >= 0.6 is 0 Å². The molecule has 0 saturated heterocycles. The van der Waals surface area contributed by atoms with Gasteiger partial charge in [0.05, 0.1) is 25.3 Å². The Bertz CT molecular complexity index is 776. The second-order valence-electron chi connectivity index (χ2n) is 5.64. The zero-order chi connectivity index (χ0) is 18.5. The maximum Gasteiger partial charge on any atom is 0.492 e. The van der Waals surface area contributed by atoms with Crippen LogP contribution in [0.3, 0.4) is 0 Å². The largest absolute Gasteiger partial charge is 0.493 e. The van der Waals surface area contributed by atoms with E-state index in [-0.39, 0.29) is 12.3 Å². The van der Waals surface area contributed by atoms with Crippen LogP contribution in [0.5, 0.6) is 17.4 Å². The van der Waals surface area contributed by atoms with E-state index in [0.29, 0.717) is 42.1 Å². The molecule has 26 heavy (non-hydrogen) atoms. The Hall–Kier alpha value is -2.69. The first-order valence-electron chi connectivity index (χ1n) is 8.08. The zero-order valence-electron chi connectivity index (χ0n) is 13.9. The molecule has 0 saturated carbocycles. The fourth-order valence-corrected chi connectivity index (χ4v) is 2.68. The molecule has 0 bridgehead atoms. The highest BCUT2D eigenvalue weighted by atomic mass is 16.5. The number of nitrogens with two attached hydrogens (primary N) is 1. The van der Waals surface area contributed by atoms with Crippen molar-refractivity contribution in [2.45, 2.75) is 18.9 Å². The summed E-state index contributed by atoms with van der Waals surface area (Å²) in [6.07, 6.45) is 3.98. The summed E-state index contributed by atoms with van der Waals surface area (Å²) in [6.45, 7) is 0.795. The minimum atomic E-state index is -1.27. The van der Waals surface area contributed by atoms with Crippen LogP contribution in [0.15, 0.2) is 30.7 Å². The lowest BCUT2D eigenvalue weighted by atomic mass is 9.78. The summed E-state index contributed by atoms with van der Waals surface area (Å²) in [4.78, 5) is 19.0. The summed E-state index contributed by atoms with van der Waals surface area (Å²) in [5, 5.41) is 19.3. The van der Waals surface area contributed by atoms with Gasteiger partial charge in [-0.15, -0.1) is 0 Å². The maximum atomic E-state index is 11.1. The third-order valence-corrected chi connectivity index (χ3v) is 3.76. The summed E-state index contributed by atoms with van der Waals surface area (Å²) in [5.41, 5.74) is 6.40. The Morgan fingerprint density at radius 3 is 2.92 bits per heavy atom. The van der Waals surface area contributed by atoms with Crippen LogP contribution in [-0.2, 0) is 9.45 Å². The van der Waals surface area contributed by atoms with E-state index in [2.05, 4.69) is 9.97 Å². The van der Waals surface area contributed by atoms with Crippen LogP contribution in [0.4, 0.5) is 0 Å². The zero-order valence-corrected chi connectivity index (χ0v) is 13.9. The third-order valence-electron chi connectivity index (χ3n) is 3.76. The maximum absolute atomic E-state index is 11.1. The molecule has 0 spiro atoms. The van der Waals surface area contributed by atoms with Crippen molar-refractivity contribution in [2.24, 2.45) is 5.73 Å². The molecule has 136 valence electrons. The molecule has 3 rings (SSSR count). The highest BCUT2D eigenvalue weighted by Crippen LogP contribution is 2.37. The fraction of sp³-hybridized carbons (Fsp3) is 0.312. The smallest absolute Gasteiger partial charge is 0.492 e. The molecule has 1 atom stereocenters. The van der Waals surface area contributed by atoms with Gasteiger partial charge >= 0.3 is 13.1 Å². The van der Waals surface area contributed by atoms with Crippen molar-refractivity contribution in [2.75, 3.05) is 13.2 Å². The van der Waals surface area contributed by atoms with Gasteiger partial charge in [-0.05, 0) is 24.5 Å². The van der Waals surface area contributed by atoms with Crippen molar-refractivity contribution in [3.05, 3.63) is 36.3 Å². The van der Waals surface area contributed by atoms with E-state index in [1.807, 2.05) is 0 Å². The van der Waals surface area contributed by atoms with Gasteiger partial charge in [-0.3, -0.25) is 9.78 Å². The highest BCUT2D eigenvalue weighted by Gasteiger charge is 2.39. The number of nitrogens with zero attached hydrogens (tertiary/aromatic N) is 2. The molecule has 4 N–H and O–H groups in total. The Morgan fingerprint density at radius 1 is 1.38 bits per heavy atom. The Labute approximate surface area is 149 Å². The van der Waals surface area contributed by atoms with Crippen LogP contribution in [0, 0.1) is 0 Å². The summed E-state index contributed by atoms with van der Waals surface area (Å²) >= 11 is 0. The number of carboxylic acids is 1. The van der Waals surface area contributed by atoms with E-state index in [4.69, 9.17) is 25.0 Å². The lowest BCUT2D eigenvalue weighted by Gasteiger charge is -2.16. The van der Waals surface area contributed by atoms with Crippen LogP contribution in [0.1, 0.15) is 24.5 Å². The number of aromatic nitrogens is 2. The predicted octanol–water partition coefficient (Wildman–Crippen LogP) is 0.230. The molecule has 0 radical (unpaired) electrons. The molecule has 1 unspecified atom stereocenters. The minimum absolute atomic E-state index is 0.274. The van der Waals surface area contributed by atoms with Gasteiger partial charge in [0.2, 0.25) is 5.88 Å². The molecule has 1 aliphatic rings. The van der Waals surface area contributed by atoms with Crippen LogP contribution < -0.4 is 20.7 Å². The predicted molar refractivity (Wildman–Crippen MR) is 91.4 cm³/mol. The molecule has 2 aromatic rings. The van der Waals surface area contributed by atoms with Crippen LogP contribution in [0.2, 0.25) is 0 Å². The number of aliphatic carboxylic acids is 1. The van der Waals surface area contributed by atoms with Gasteiger partial charge in [0, 0.05) is 24.0 Å². The Balaban J connectivity index is 1.95. The molecule has 1 aliphatic heterocycles. The van der Waals surface area contributed by atoms with Crippen molar-refractivity contribution < 1.29 is 29.1 Å². The van der Waals surface area contributed by atoms with Gasteiger partial charge in [-0.2, -0.15) is 0 Å². The van der Waals surface area contributed by atoms with E-state index in [9.17, 15) is 9.82 Å². The monoisotopic (exact) mass is 359 g/mol. The molecule has 1 aromatic carbocycles. The van der Waals surface area contributed by atoms with Gasteiger partial charge < -0.3 is 30.0 Å². The van der Waals surface area contributed by atoms with Gasteiger partial charge in [0.15, 0.2) is 0 Å². The van der Waals surface area contributed by atoms with Gasteiger partial charge in [-0.1, -0.05) is 0 Å². The molecular weight excluding hydrogens is 341 g/mol. The van der Waals surface area contributed by atoms with Crippen molar-refractivity contribution in [1.82, 2.24) is 9.97 Å².